The molecule has 1 heterocycles. The van der Waals surface area contributed by atoms with Crippen molar-refractivity contribution in [3.63, 3.8) is 0 Å². The summed E-state index contributed by atoms with van der Waals surface area (Å²) < 4.78 is 4.74. The monoisotopic (exact) mass is 346 g/mol. The number of halogens is 2. The fourth-order valence-corrected chi connectivity index (χ4v) is 2.49. The standard InChI is InChI=1S/C10H8Br2N2S/c1-6-5-13-10(15)14(6)9-4-7(11)2-3-8(9)12/h2-5H,1H3,(H,13,15). The minimum atomic E-state index is 0.700. The van der Waals surface area contributed by atoms with Crippen molar-refractivity contribution in [1.29, 1.82) is 0 Å². The first-order chi connectivity index (χ1) is 7.09. The number of aromatic amines is 1. The van der Waals surface area contributed by atoms with E-state index >= 15 is 0 Å². The summed E-state index contributed by atoms with van der Waals surface area (Å²) in [6, 6.07) is 6.01. The first kappa shape index (κ1) is 11.1. The van der Waals surface area contributed by atoms with Gasteiger partial charge in [0.2, 0.25) is 0 Å². The highest BCUT2D eigenvalue weighted by atomic mass is 79.9. The normalized spacial score (nSPS) is 10.6. The molecule has 2 nitrogen and oxygen atoms in total. The first-order valence-corrected chi connectivity index (χ1v) is 6.31. The Bertz CT molecular complexity index is 557. The van der Waals surface area contributed by atoms with Gasteiger partial charge in [0, 0.05) is 20.8 Å². The van der Waals surface area contributed by atoms with E-state index in [0.717, 1.165) is 20.3 Å². The molecule has 1 aromatic heterocycles. The number of rotatable bonds is 1. The van der Waals surface area contributed by atoms with Crippen molar-refractivity contribution >= 4 is 44.1 Å². The van der Waals surface area contributed by atoms with Crippen LogP contribution in [0.15, 0.2) is 33.3 Å². The molecule has 15 heavy (non-hydrogen) atoms. The van der Waals surface area contributed by atoms with Crippen LogP contribution in [0.5, 0.6) is 0 Å². The van der Waals surface area contributed by atoms with Gasteiger partial charge in [-0.15, -0.1) is 0 Å². The largest absolute Gasteiger partial charge is 0.337 e. The van der Waals surface area contributed by atoms with Gasteiger partial charge in [0.1, 0.15) is 0 Å². The van der Waals surface area contributed by atoms with Gasteiger partial charge < -0.3 is 4.98 Å². The van der Waals surface area contributed by atoms with Crippen LogP contribution in [0.25, 0.3) is 5.69 Å². The van der Waals surface area contributed by atoms with Gasteiger partial charge in [-0.1, -0.05) is 15.9 Å². The van der Waals surface area contributed by atoms with Crippen LogP contribution in [0, 0.1) is 11.7 Å². The Morgan fingerprint density at radius 1 is 1.33 bits per heavy atom. The van der Waals surface area contributed by atoms with Crippen LogP contribution in [-0.2, 0) is 0 Å². The molecule has 0 spiro atoms. The predicted molar refractivity (Wildman–Crippen MR) is 71.1 cm³/mol. The summed E-state index contributed by atoms with van der Waals surface area (Å²) in [6.45, 7) is 2.01. The van der Waals surface area contributed by atoms with E-state index in [1.54, 1.807) is 0 Å². The van der Waals surface area contributed by atoms with E-state index in [4.69, 9.17) is 12.2 Å². The lowest BCUT2D eigenvalue weighted by atomic mass is 10.3. The van der Waals surface area contributed by atoms with Gasteiger partial charge in [-0.3, -0.25) is 4.57 Å². The van der Waals surface area contributed by atoms with Crippen molar-refractivity contribution in [2.45, 2.75) is 6.92 Å². The summed E-state index contributed by atoms with van der Waals surface area (Å²) >= 11 is 12.2. The molecule has 0 aliphatic carbocycles. The van der Waals surface area contributed by atoms with E-state index < -0.39 is 0 Å². The zero-order valence-electron chi connectivity index (χ0n) is 7.92. The molecular weight excluding hydrogens is 340 g/mol. The quantitative estimate of drug-likeness (QED) is 0.760. The highest BCUT2D eigenvalue weighted by Gasteiger charge is 2.06. The molecule has 0 saturated heterocycles. The third kappa shape index (κ3) is 2.09. The van der Waals surface area contributed by atoms with Crippen LogP contribution in [0.3, 0.4) is 0 Å². The zero-order chi connectivity index (χ0) is 11.0. The van der Waals surface area contributed by atoms with Crippen LogP contribution < -0.4 is 0 Å². The number of nitrogens with one attached hydrogen (secondary N) is 1. The minimum absolute atomic E-state index is 0.700. The topological polar surface area (TPSA) is 20.7 Å². The van der Waals surface area contributed by atoms with Crippen LogP contribution in [0.1, 0.15) is 5.69 Å². The molecule has 0 bridgehead atoms. The lowest BCUT2D eigenvalue weighted by Crippen LogP contribution is -1.97. The summed E-state index contributed by atoms with van der Waals surface area (Å²) in [6.07, 6.45) is 1.90. The van der Waals surface area contributed by atoms with Gasteiger partial charge >= 0.3 is 0 Å². The number of benzene rings is 1. The molecule has 2 rings (SSSR count). The molecule has 0 fully saturated rings. The van der Waals surface area contributed by atoms with Crippen molar-refractivity contribution in [2.75, 3.05) is 0 Å². The maximum Gasteiger partial charge on any atom is 0.182 e. The number of aromatic nitrogens is 2. The molecule has 2 aromatic rings. The fourth-order valence-electron chi connectivity index (χ4n) is 1.41. The van der Waals surface area contributed by atoms with Gasteiger partial charge in [0.05, 0.1) is 5.69 Å². The lowest BCUT2D eigenvalue weighted by Gasteiger charge is -2.08. The van der Waals surface area contributed by atoms with E-state index in [2.05, 4.69) is 36.8 Å². The summed E-state index contributed by atoms with van der Waals surface area (Å²) in [4.78, 5) is 3.02. The van der Waals surface area contributed by atoms with Crippen LogP contribution in [-0.4, -0.2) is 9.55 Å². The average molecular weight is 348 g/mol. The molecular formula is C10H8Br2N2S. The fraction of sp³-hybridized carbons (Fsp3) is 0.100. The molecule has 0 aliphatic heterocycles. The number of hydrogen-bond acceptors (Lipinski definition) is 1. The van der Waals surface area contributed by atoms with E-state index in [-0.39, 0.29) is 0 Å². The summed E-state index contributed by atoms with van der Waals surface area (Å²) in [5, 5.41) is 0. The highest BCUT2D eigenvalue weighted by molar-refractivity contribution is 9.11. The average Bonchev–Trinajstić information content (AvgIpc) is 2.51. The summed E-state index contributed by atoms with van der Waals surface area (Å²) in [7, 11) is 0. The second-order valence-electron chi connectivity index (χ2n) is 3.17. The SMILES string of the molecule is Cc1c[nH]c(=S)n1-c1cc(Br)ccc1Br. The maximum atomic E-state index is 5.23. The molecule has 0 radical (unpaired) electrons. The smallest absolute Gasteiger partial charge is 0.182 e. The number of imidazole rings is 1. The van der Waals surface area contributed by atoms with Crippen LogP contribution in [0.2, 0.25) is 0 Å². The van der Waals surface area contributed by atoms with E-state index in [0.29, 0.717) is 4.77 Å². The lowest BCUT2D eigenvalue weighted by molar-refractivity contribution is 0.978. The Kier molecular flexibility index (Phi) is 3.13. The molecule has 0 saturated carbocycles. The third-order valence-electron chi connectivity index (χ3n) is 2.11. The number of nitrogens with zero attached hydrogens (tertiary/aromatic N) is 1. The van der Waals surface area contributed by atoms with E-state index in [9.17, 15) is 0 Å². The molecule has 78 valence electrons. The Morgan fingerprint density at radius 2 is 2.07 bits per heavy atom. The molecule has 1 N–H and O–H groups in total. The van der Waals surface area contributed by atoms with Crippen molar-refractivity contribution in [3.8, 4) is 5.69 Å². The molecule has 0 atom stereocenters. The maximum absolute atomic E-state index is 5.23. The number of aryl methyl sites for hydroxylation is 1. The van der Waals surface area contributed by atoms with Gasteiger partial charge in [-0.25, -0.2) is 0 Å². The summed E-state index contributed by atoms with van der Waals surface area (Å²) in [5.74, 6) is 0. The Morgan fingerprint density at radius 3 is 2.67 bits per heavy atom. The number of hydrogen-bond donors (Lipinski definition) is 1. The Hall–Kier alpha value is -0.390. The predicted octanol–water partition coefficient (Wildman–Crippen LogP) is 4.37. The molecule has 1 aromatic carbocycles. The second kappa shape index (κ2) is 4.23. The van der Waals surface area contributed by atoms with Crippen LogP contribution >= 0.6 is 44.1 Å². The molecule has 0 aliphatic rings. The van der Waals surface area contributed by atoms with Crippen molar-refractivity contribution in [3.05, 3.63) is 43.8 Å². The minimum Gasteiger partial charge on any atom is -0.337 e. The Balaban J connectivity index is 2.74. The molecule has 0 unspecified atom stereocenters. The zero-order valence-corrected chi connectivity index (χ0v) is 11.9. The van der Waals surface area contributed by atoms with Crippen molar-refractivity contribution < 1.29 is 0 Å². The van der Waals surface area contributed by atoms with Gasteiger partial charge in [-0.2, -0.15) is 0 Å². The first-order valence-electron chi connectivity index (χ1n) is 4.32. The van der Waals surface area contributed by atoms with Gasteiger partial charge in [-0.05, 0) is 53.3 Å². The Labute approximate surface area is 110 Å². The van der Waals surface area contributed by atoms with E-state index in [1.807, 2.05) is 35.9 Å². The van der Waals surface area contributed by atoms with Gasteiger partial charge in [0.25, 0.3) is 0 Å². The third-order valence-corrected chi connectivity index (χ3v) is 3.57. The van der Waals surface area contributed by atoms with Gasteiger partial charge in [0.15, 0.2) is 4.77 Å². The van der Waals surface area contributed by atoms with Crippen molar-refractivity contribution in [1.82, 2.24) is 9.55 Å². The molecule has 0 amide bonds. The number of H-pyrrole nitrogens is 1. The summed E-state index contributed by atoms with van der Waals surface area (Å²) in [5.41, 5.74) is 2.12. The van der Waals surface area contributed by atoms with Crippen molar-refractivity contribution in [2.24, 2.45) is 0 Å². The molecule has 5 heteroatoms. The second-order valence-corrected chi connectivity index (χ2v) is 5.32. The van der Waals surface area contributed by atoms with Crippen LogP contribution in [0.4, 0.5) is 0 Å². The highest BCUT2D eigenvalue weighted by Crippen LogP contribution is 2.26. The van der Waals surface area contributed by atoms with E-state index in [1.165, 1.54) is 0 Å².